The fraction of sp³-hybridized carbons (Fsp3) is 0.0625. The van der Waals surface area contributed by atoms with Crippen LogP contribution >= 0.6 is 0 Å². The van der Waals surface area contributed by atoms with Crippen molar-refractivity contribution >= 4 is 7.25 Å². The third-order valence-electron chi connectivity index (χ3n) is 3.06. The molecule has 0 aliphatic rings. The molecule has 3 rings (SSSR count). The summed E-state index contributed by atoms with van der Waals surface area (Å²) in [5, 5.41) is 0. The first kappa shape index (κ1) is 17.6. The zero-order chi connectivity index (χ0) is 17.6. The van der Waals surface area contributed by atoms with E-state index in [0.29, 0.717) is 0 Å². The zero-order valence-electron chi connectivity index (χ0n) is 12.8. The van der Waals surface area contributed by atoms with Crippen LogP contribution in [0.5, 0.6) is 5.75 Å². The van der Waals surface area contributed by atoms with Crippen LogP contribution in [0.4, 0.5) is 17.3 Å². The first-order valence-electron chi connectivity index (χ1n) is 7.03. The average Bonchev–Trinajstić information content (AvgIpc) is 3.04. The van der Waals surface area contributed by atoms with Gasteiger partial charge in [0.2, 0.25) is 0 Å². The van der Waals surface area contributed by atoms with Crippen molar-refractivity contribution in [1.29, 1.82) is 0 Å². The SMILES string of the molecule is COc1ccc(-[n+]2ccn(-c3ccccc3)c2)cc1.F[B-](F)(F)F. The Hall–Kier alpha value is -2.77. The maximum atomic E-state index is 9.75. The molecule has 2 aromatic carbocycles. The number of aromatic nitrogens is 2. The predicted octanol–water partition coefficient (Wildman–Crippen LogP) is 4.06. The van der Waals surface area contributed by atoms with Crippen LogP contribution in [-0.4, -0.2) is 18.9 Å². The van der Waals surface area contributed by atoms with Gasteiger partial charge in [-0.3, -0.25) is 0 Å². The summed E-state index contributed by atoms with van der Waals surface area (Å²) in [6.07, 6.45) is 6.13. The molecule has 0 radical (unpaired) electrons. The molecule has 3 nitrogen and oxygen atoms in total. The van der Waals surface area contributed by atoms with Crippen LogP contribution in [0.1, 0.15) is 0 Å². The van der Waals surface area contributed by atoms with E-state index in [0.717, 1.165) is 17.1 Å². The van der Waals surface area contributed by atoms with Crippen molar-refractivity contribution < 1.29 is 26.6 Å². The lowest BCUT2D eigenvalue weighted by Crippen LogP contribution is -2.27. The standard InChI is InChI=1S/C16H15N2O.BF4/c1-19-16-9-7-15(8-10-16)18-12-11-17(13-18)14-5-3-2-4-6-14;2-1(3,4)5/h2-13H,1H3;/q+1;-1. The molecule has 24 heavy (non-hydrogen) atoms. The van der Waals surface area contributed by atoms with Crippen molar-refractivity contribution in [3.8, 4) is 17.1 Å². The van der Waals surface area contributed by atoms with Gasteiger partial charge in [-0.05, 0) is 36.4 Å². The van der Waals surface area contributed by atoms with E-state index in [9.17, 15) is 17.3 Å². The van der Waals surface area contributed by atoms with Crippen molar-refractivity contribution in [2.45, 2.75) is 0 Å². The molecule has 0 N–H and O–H groups in total. The Morgan fingerprint density at radius 1 is 0.917 bits per heavy atom. The highest BCUT2D eigenvalue weighted by Crippen LogP contribution is 2.12. The molecule has 0 fully saturated rings. The molecule has 1 heterocycles. The van der Waals surface area contributed by atoms with Gasteiger partial charge in [0.15, 0.2) is 0 Å². The van der Waals surface area contributed by atoms with Crippen molar-refractivity contribution in [2.75, 3.05) is 7.11 Å². The molecule has 0 saturated carbocycles. The number of ether oxygens (including phenoxy) is 1. The Kier molecular flexibility index (Phi) is 5.62. The number of nitrogens with zero attached hydrogens (tertiary/aromatic N) is 2. The van der Waals surface area contributed by atoms with Crippen molar-refractivity contribution in [3.63, 3.8) is 0 Å². The summed E-state index contributed by atoms with van der Waals surface area (Å²) in [5.74, 6) is 0.867. The number of hydrogen-bond donors (Lipinski definition) is 0. The highest BCUT2D eigenvalue weighted by Gasteiger charge is 2.20. The summed E-state index contributed by atoms with van der Waals surface area (Å²) in [5.41, 5.74) is 2.25. The molecule has 0 amide bonds. The molecule has 0 bridgehead atoms. The minimum absolute atomic E-state index is 0.867. The van der Waals surface area contributed by atoms with Crippen LogP contribution in [0.15, 0.2) is 73.3 Å². The third kappa shape index (κ3) is 5.46. The smallest absolute Gasteiger partial charge is 0.497 e. The van der Waals surface area contributed by atoms with E-state index in [1.807, 2.05) is 54.9 Å². The molecule has 126 valence electrons. The first-order chi connectivity index (χ1) is 11.4. The van der Waals surface area contributed by atoms with Crippen LogP contribution in [-0.2, 0) is 0 Å². The zero-order valence-corrected chi connectivity index (χ0v) is 12.8. The third-order valence-corrected chi connectivity index (χ3v) is 3.06. The Balaban J connectivity index is 0.000000368. The number of rotatable bonds is 3. The molecule has 0 aliphatic heterocycles. The highest BCUT2D eigenvalue weighted by atomic mass is 19.5. The summed E-state index contributed by atoms with van der Waals surface area (Å²) in [7, 11) is -4.33. The maximum Gasteiger partial charge on any atom is 0.673 e. The second kappa shape index (κ2) is 7.67. The normalized spacial score (nSPS) is 10.7. The van der Waals surface area contributed by atoms with E-state index >= 15 is 0 Å². The van der Waals surface area contributed by atoms with Gasteiger partial charge in [-0.2, -0.15) is 0 Å². The highest BCUT2D eigenvalue weighted by molar-refractivity contribution is 6.50. The number of imidazole rings is 1. The van der Waals surface area contributed by atoms with Gasteiger partial charge in [0.25, 0.3) is 6.33 Å². The average molecular weight is 338 g/mol. The van der Waals surface area contributed by atoms with Gasteiger partial charge >= 0.3 is 7.25 Å². The van der Waals surface area contributed by atoms with E-state index in [4.69, 9.17) is 4.74 Å². The topological polar surface area (TPSA) is 18.0 Å². The van der Waals surface area contributed by atoms with Crippen LogP contribution in [0, 0.1) is 0 Å². The van der Waals surface area contributed by atoms with E-state index in [2.05, 4.69) is 27.6 Å². The number of methoxy groups -OCH3 is 1. The van der Waals surface area contributed by atoms with Gasteiger partial charge < -0.3 is 22.0 Å². The van der Waals surface area contributed by atoms with Crippen LogP contribution in [0.2, 0.25) is 0 Å². The lowest BCUT2D eigenvalue weighted by molar-refractivity contribution is -0.594. The Morgan fingerprint density at radius 2 is 1.50 bits per heavy atom. The second-order valence-electron chi connectivity index (χ2n) is 4.76. The van der Waals surface area contributed by atoms with Gasteiger partial charge in [-0.1, -0.05) is 18.2 Å². The molecule has 0 aliphatic carbocycles. The molecule has 0 spiro atoms. The minimum Gasteiger partial charge on any atom is -0.497 e. The quantitative estimate of drug-likeness (QED) is 0.400. The molecule has 0 unspecified atom stereocenters. The van der Waals surface area contributed by atoms with Crippen LogP contribution in [0.3, 0.4) is 0 Å². The van der Waals surface area contributed by atoms with Gasteiger partial charge in [0.05, 0.1) is 7.11 Å². The number of hydrogen-bond acceptors (Lipinski definition) is 1. The molecule has 3 aromatic rings. The molecular formula is C16H15BF4N2O. The fourth-order valence-corrected chi connectivity index (χ4v) is 2.01. The van der Waals surface area contributed by atoms with Crippen molar-refractivity contribution in [2.24, 2.45) is 0 Å². The Morgan fingerprint density at radius 3 is 2.04 bits per heavy atom. The maximum absolute atomic E-state index is 9.75. The molecule has 1 aromatic heterocycles. The largest absolute Gasteiger partial charge is 0.673 e. The molecular weight excluding hydrogens is 323 g/mol. The van der Waals surface area contributed by atoms with Crippen molar-refractivity contribution in [1.82, 2.24) is 4.57 Å². The Bertz CT molecular complexity index is 752. The summed E-state index contributed by atoms with van der Waals surface area (Å²) in [6.45, 7) is 0. The summed E-state index contributed by atoms with van der Waals surface area (Å²) < 4.78 is 48.3. The number of benzene rings is 2. The number of halogens is 4. The predicted molar refractivity (Wildman–Crippen MR) is 84.0 cm³/mol. The van der Waals surface area contributed by atoms with Crippen LogP contribution in [0.25, 0.3) is 11.4 Å². The fourth-order valence-electron chi connectivity index (χ4n) is 2.01. The molecule has 8 heteroatoms. The summed E-state index contributed by atoms with van der Waals surface area (Å²) >= 11 is 0. The van der Waals surface area contributed by atoms with Gasteiger partial charge in [0.1, 0.15) is 29.5 Å². The van der Waals surface area contributed by atoms with Gasteiger partial charge in [0, 0.05) is 0 Å². The molecule has 0 atom stereocenters. The lowest BCUT2D eigenvalue weighted by atomic mass is 10.3. The Labute approximate surface area is 136 Å². The van der Waals surface area contributed by atoms with Crippen LogP contribution < -0.4 is 9.30 Å². The lowest BCUT2D eigenvalue weighted by Gasteiger charge is -1.99. The summed E-state index contributed by atoms with van der Waals surface area (Å²) in [6, 6.07) is 18.2. The van der Waals surface area contributed by atoms with Crippen molar-refractivity contribution in [3.05, 3.63) is 73.3 Å². The first-order valence-corrected chi connectivity index (χ1v) is 7.03. The number of para-hydroxylation sites is 1. The molecule has 0 saturated heterocycles. The minimum atomic E-state index is -6.00. The summed E-state index contributed by atoms with van der Waals surface area (Å²) in [4.78, 5) is 0. The van der Waals surface area contributed by atoms with E-state index in [1.165, 1.54) is 0 Å². The van der Waals surface area contributed by atoms with Gasteiger partial charge in [-0.25, -0.2) is 9.13 Å². The second-order valence-corrected chi connectivity index (χ2v) is 4.76. The van der Waals surface area contributed by atoms with Gasteiger partial charge in [-0.15, -0.1) is 0 Å². The monoisotopic (exact) mass is 338 g/mol. The van der Waals surface area contributed by atoms with E-state index < -0.39 is 7.25 Å². The van der Waals surface area contributed by atoms with E-state index in [1.54, 1.807) is 7.11 Å². The van der Waals surface area contributed by atoms with E-state index in [-0.39, 0.29) is 0 Å².